The Kier molecular flexibility index (Phi) is 6.02. The van der Waals surface area contributed by atoms with E-state index in [0.717, 1.165) is 24.0 Å². The van der Waals surface area contributed by atoms with Gasteiger partial charge in [-0.25, -0.2) is 4.79 Å². The molecule has 2 amide bonds. The molecule has 0 aliphatic heterocycles. The average Bonchev–Trinajstić information content (AvgIpc) is 3.75. The summed E-state index contributed by atoms with van der Waals surface area (Å²) in [6, 6.07) is 16.3. The third-order valence-electron chi connectivity index (χ3n) is 7.25. The minimum atomic E-state index is -0.909. The van der Waals surface area contributed by atoms with Gasteiger partial charge in [-0.05, 0) is 47.4 Å². The van der Waals surface area contributed by atoms with Crippen LogP contribution in [0.25, 0.3) is 11.1 Å². The molecule has 3 N–H and O–H groups in total. The lowest BCUT2D eigenvalue weighted by atomic mass is 9.98. The molecule has 1 unspecified atom stereocenters. The molecule has 2 fully saturated rings. The Morgan fingerprint density at radius 1 is 1.00 bits per heavy atom. The molecule has 1 atom stereocenters. The Labute approximate surface area is 198 Å². The summed E-state index contributed by atoms with van der Waals surface area (Å²) in [6.45, 7) is 0.406. The number of amides is 2. The van der Waals surface area contributed by atoms with E-state index in [9.17, 15) is 14.4 Å². The van der Waals surface area contributed by atoms with Crippen LogP contribution in [0.5, 0.6) is 0 Å². The van der Waals surface area contributed by atoms with Crippen molar-refractivity contribution >= 4 is 18.0 Å². The van der Waals surface area contributed by atoms with Crippen molar-refractivity contribution in [2.45, 2.75) is 50.0 Å². The van der Waals surface area contributed by atoms with E-state index in [1.54, 1.807) is 0 Å². The predicted octanol–water partition coefficient (Wildman–Crippen LogP) is 4.06. The number of rotatable bonds is 10. The summed E-state index contributed by atoms with van der Waals surface area (Å²) >= 11 is 0. The third kappa shape index (κ3) is 4.93. The number of carbonyl (C=O) groups excluding carboxylic acids is 2. The number of carbonyl (C=O) groups is 3. The Morgan fingerprint density at radius 2 is 1.62 bits per heavy atom. The van der Waals surface area contributed by atoms with Crippen LogP contribution in [-0.4, -0.2) is 41.8 Å². The summed E-state index contributed by atoms with van der Waals surface area (Å²) in [6.07, 6.45) is 3.64. The maximum absolute atomic E-state index is 12.9. The smallest absolute Gasteiger partial charge is 0.407 e. The topological polar surface area (TPSA) is 105 Å². The molecule has 7 heteroatoms. The van der Waals surface area contributed by atoms with Crippen molar-refractivity contribution in [3.63, 3.8) is 0 Å². The fourth-order valence-electron chi connectivity index (χ4n) is 5.04. The van der Waals surface area contributed by atoms with Gasteiger partial charge in [0, 0.05) is 12.5 Å². The van der Waals surface area contributed by atoms with Gasteiger partial charge in [-0.2, -0.15) is 0 Å². The van der Waals surface area contributed by atoms with E-state index in [4.69, 9.17) is 9.84 Å². The van der Waals surface area contributed by atoms with Crippen molar-refractivity contribution in [3.8, 4) is 11.1 Å². The molecule has 0 radical (unpaired) electrons. The molecule has 5 rings (SSSR count). The maximum Gasteiger partial charge on any atom is 0.407 e. The molecule has 0 aromatic heterocycles. The first-order valence-electron chi connectivity index (χ1n) is 12.1. The number of carboxylic acids is 1. The fraction of sp³-hybridized carbons (Fsp3) is 0.444. The second kappa shape index (κ2) is 9.12. The average molecular weight is 463 g/mol. The van der Waals surface area contributed by atoms with Crippen molar-refractivity contribution in [1.29, 1.82) is 0 Å². The minimum absolute atomic E-state index is 0.0190. The number of hydrogen-bond acceptors (Lipinski definition) is 4. The fourth-order valence-corrected chi connectivity index (χ4v) is 5.04. The molecule has 3 aliphatic carbocycles. The van der Waals surface area contributed by atoms with E-state index in [-0.39, 0.29) is 37.3 Å². The molecule has 0 spiro atoms. The molecule has 0 bridgehead atoms. The maximum atomic E-state index is 12.9. The lowest BCUT2D eigenvalue weighted by Gasteiger charge is -2.22. The van der Waals surface area contributed by atoms with Gasteiger partial charge in [0.05, 0.1) is 17.9 Å². The quantitative estimate of drug-likeness (QED) is 0.494. The van der Waals surface area contributed by atoms with E-state index >= 15 is 0 Å². The highest BCUT2D eigenvalue weighted by molar-refractivity contribution is 5.82. The summed E-state index contributed by atoms with van der Waals surface area (Å²) in [5.74, 6) is -0.999. The van der Waals surface area contributed by atoms with Crippen molar-refractivity contribution in [2.75, 3.05) is 13.2 Å². The second-order valence-electron chi connectivity index (χ2n) is 9.92. The summed E-state index contributed by atoms with van der Waals surface area (Å²) in [5.41, 5.74) is 4.02. The van der Waals surface area contributed by atoms with Gasteiger partial charge >= 0.3 is 12.1 Å². The molecule has 34 heavy (non-hydrogen) atoms. The zero-order valence-electron chi connectivity index (χ0n) is 19.1. The van der Waals surface area contributed by atoms with Crippen LogP contribution >= 0.6 is 0 Å². The predicted molar refractivity (Wildman–Crippen MR) is 126 cm³/mol. The lowest BCUT2D eigenvalue weighted by molar-refractivity contribution is -0.138. The number of alkyl carbamates (subject to hydrolysis) is 1. The number of ether oxygens (including phenoxy) is 1. The number of nitrogens with one attached hydrogen (secondary N) is 2. The number of carboxylic acid groups (broad SMARTS) is 1. The number of hydrogen-bond donors (Lipinski definition) is 3. The number of fused-ring (bicyclic) bond motifs is 3. The molecule has 178 valence electrons. The Balaban J connectivity index is 1.17. The van der Waals surface area contributed by atoms with E-state index in [2.05, 4.69) is 34.9 Å². The van der Waals surface area contributed by atoms with Crippen LogP contribution in [0.4, 0.5) is 4.79 Å². The number of aliphatic carboxylic acids is 1. The van der Waals surface area contributed by atoms with Crippen molar-refractivity contribution in [1.82, 2.24) is 10.6 Å². The standard InChI is InChI=1S/C27H30N2O5/c30-24(31)14-27(11-12-27)29-25(32)18(13-17-9-10-17)15-28-26(33)34-16-23-21-7-3-1-5-19(21)20-6-2-4-8-22(20)23/h1-8,17-18,23H,9-16H2,(H,28,33)(H,29,32)(H,30,31). The van der Waals surface area contributed by atoms with Gasteiger partial charge in [0.15, 0.2) is 0 Å². The highest BCUT2D eigenvalue weighted by Gasteiger charge is 2.47. The first kappa shape index (κ1) is 22.4. The zero-order chi connectivity index (χ0) is 23.7. The first-order chi connectivity index (χ1) is 16.4. The molecule has 0 heterocycles. The Morgan fingerprint density at radius 3 is 2.18 bits per heavy atom. The van der Waals surface area contributed by atoms with E-state index in [1.165, 1.54) is 11.1 Å². The summed E-state index contributed by atoms with van der Waals surface area (Å²) < 4.78 is 5.60. The minimum Gasteiger partial charge on any atom is -0.481 e. The van der Waals surface area contributed by atoms with Crippen LogP contribution in [-0.2, 0) is 14.3 Å². The molecule has 0 saturated heterocycles. The first-order valence-corrected chi connectivity index (χ1v) is 12.1. The molecule has 2 saturated carbocycles. The van der Waals surface area contributed by atoms with Gasteiger partial charge < -0.3 is 20.5 Å². The molecule has 7 nitrogen and oxygen atoms in total. The largest absolute Gasteiger partial charge is 0.481 e. The van der Waals surface area contributed by atoms with Gasteiger partial charge in [0.2, 0.25) is 5.91 Å². The summed E-state index contributed by atoms with van der Waals surface area (Å²) in [7, 11) is 0. The second-order valence-corrected chi connectivity index (χ2v) is 9.92. The van der Waals surface area contributed by atoms with Crippen LogP contribution in [0, 0.1) is 11.8 Å². The highest BCUT2D eigenvalue weighted by Crippen LogP contribution is 2.44. The van der Waals surface area contributed by atoms with Crippen molar-refractivity contribution < 1.29 is 24.2 Å². The SMILES string of the molecule is O=C(O)CC1(NC(=O)C(CNC(=O)OCC2c3ccccc3-c3ccccc32)CC2CC2)CC1. The zero-order valence-corrected chi connectivity index (χ0v) is 19.1. The summed E-state index contributed by atoms with van der Waals surface area (Å²) in [4.78, 5) is 36.6. The van der Waals surface area contributed by atoms with Crippen LogP contribution in [0.1, 0.15) is 55.6 Å². The molecule has 2 aromatic carbocycles. The van der Waals surface area contributed by atoms with Gasteiger partial charge in [0.25, 0.3) is 0 Å². The van der Waals surface area contributed by atoms with Crippen molar-refractivity contribution in [2.24, 2.45) is 11.8 Å². The molecular formula is C27H30N2O5. The van der Waals surface area contributed by atoms with Gasteiger partial charge in [-0.1, -0.05) is 61.4 Å². The van der Waals surface area contributed by atoms with Crippen molar-refractivity contribution in [3.05, 3.63) is 59.7 Å². The molecule has 3 aliphatic rings. The van der Waals surface area contributed by atoms with Crippen LogP contribution in [0.2, 0.25) is 0 Å². The third-order valence-corrected chi connectivity index (χ3v) is 7.25. The van der Waals surface area contributed by atoms with E-state index in [0.29, 0.717) is 25.2 Å². The molecular weight excluding hydrogens is 432 g/mol. The monoisotopic (exact) mass is 462 g/mol. The van der Waals surface area contributed by atoms with Crippen LogP contribution in [0.15, 0.2) is 48.5 Å². The van der Waals surface area contributed by atoms with E-state index in [1.807, 2.05) is 24.3 Å². The van der Waals surface area contributed by atoms with Crippen LogP contribution < -0.4 is 10.6 Å². The Bertz CT molecular complexity index is 1060. The van der Waals surface area contributed by atoms with Gasteiger partial charge in [-0.15, -0.1) is 0 Å². The van der Waals surface area contributed by atoms with Crippen LogP contribution in [0.3, 0.4) is 0 Å². The molecule has 2 aromatic rings. The number of benzene rings is 2. The normalized spacial score (nSPS) is 18.4. The summed E-state index contributed by atoms with van der Waals surface area (Å²) in [5, 5.41) is 14.8. The Hall–Kier alpha value is -3.35. The van der Waals surface area contributed by atoms with Gasteiger partial charge in [0.1, 0.15) is 6.61 Å². The van der Waals surface area contributed by atoms with Gasteiger partial charge in [-0.3, -0.25) is 9.59 Å². The van der Waals surface area contributed by atoms with E-state index < -0.39 is 17.6 Å². The highest BCUT2D eigenvalue weighted by atomic mass is 16.5. The lowest BCUT2D eigenvalue weighted by Crippen LogP contribution is -2.45.